The fourth-order valence-electron chi connectivity index (χ4n) is 4.77. The van der Waals surface area contributed by atoms with Gasteiger partial charge in [-0.15, -0.1) is 0 Å². The number of pyridine rings is 1. The molecule has 0 saturated carbocycles. The number of esters is 1. The van der Waals surface area contributed by atoms with Gasteiger partial charge in [-0.3, -0.25) is 0 Å². The van der Waals surface area contributed by atoms with E-state index in [9.17, 15) is 4.79 Å². The van der Waals surface area contributed by atoms with Crippen molar-refractivity contribution in [1.82, 2.24) is 9.88 Å². The third kappa shape index (κ3) is 6.05. The van der Waals surface area contributed by atoms with Crippen LogP contribution in [-0.2, 0) is 9.47 Å². The number of benzene rings is 1. The van der Waals surface area contributed by atoms with Gasteiger partial charge in [-0.2, -0.15) is 0 Å². The van der Waals surface area contributed by atoms with Crippen LogP contribution in [0.4, 0.5) is 11.5 Å². The molecule has 0 unspecified atom stereocenters. The minimum atomic E-state index is -0.447. The zero-order chi connectivity index (χ0) is 25.7. The van der Waals surface area contributed by atoms with Crippen molar-refractivity contribution in [1.29, 1.82) is 5.41 Å². The fourth-order valence-corrected chi connectivity index (χ4v) is 4.77. The minimum absolute atomic E-state index is 0.00431. The largest absolute Gasteiger partial charge is 0.461 e. The van der Waals surface area contributed by atoms with Gasteiger partial charge in [0.2, 0.25) is 0 Å². The van der Waals surface area contributed by atoms with Crippen LogP contribution in [-0.4, -0.2) is 80.7 Å². The molecule has 0 spiro atoms. The van der Waals surface area contributed by atoms with E-state index in [1.54, 1.807) is 13.0 Å². The first-order valence-corrected chi connectivity index (χ1v) is 13.1. The van der Waals surface area contributed by atoms with Gasteiger partial charge in [0, 0.05) is 36.1 Å². The van der Waals surface area contributed by atoms with Gasteiger partial charge < -0.3 is 30.0 Å². The smallest absolute Gasteiger partial charge is 0.357 e. The molecule has 2 aliphatic rings. The summed E-state index contributed by atoms with van der Waals surface area (Å²) in [6.45, 7) is 11.3. The van der Waals surface area contributed by atoms with Crippen LogP contribution in [0.5, 0.6) is 0 Å². The number of hydrogen-bond donors (Lipinski definition) is 2. The number of aromatic nitrogens is 1. The molecule has 4 rings (SSSR count). The number of carbonyl (C=O) groups is 1. The van der Waals surface area contributed by atoms with E-state index in [1.807, 2.05) is 13.8 Å². The molecule has 2 fully saturated rings. The third-order valence-electron chi connectivity index (χ3n) is 6.96. The van der Waals surface area contributed by atoms with E-state index < -0.39 is 5.97 Å². The molecular formula is C28H39N5O3. The van der Waals surface area contributed by atoms with Crippen LogP contribution >= 0.6 is 0 Å². The van der Waals surface area contributed by atoms with Crippen molar-refractivity contribution in [2.75, 3.05) is 63.3 Å². The van der Waals surface area contributed by atoms with Crippen LogP contribution in [0.2, 0.25) is 0 Å². The summed E-state index contributed by atoms with van der Waals surface area (Å²) in [7, 11) is 2.13. The highest BCUT2D eigenvalue weighted by molar-refractivity contribution is 6.10. The average molecular weight is 494 g/mol. The molecule has 2 saturated heterocycles. The molecule has 36 heavy (non-hydrogen) atoms. The minimum Gasteiger partial charge on any atom is -0.461 e. The van der Waals surface area contributed by atoms with Gasteiger partial charge >= 0.3 is 5.97 Å². The van der Waals surface area contributed by atoms with Gasteiger partial charge in [0.15, 0.2) is 5.69 Å². The number of hydrogen-bond acceptors (Lipinski definition) is 8. The predicted molar refractivity (Wildman–Crippen MR) is 144 cm³/mol. The zero-order valence-corrected chi connectivity index (χ0v) is 22.0. The molecule has 1 aromatic carbocycles. The Kier molecular flexibility index (Phi) is 8.59. The Hall–Kier alpha value is -2.97. The lowest BCUT2D eigenvalue weighted by Gasteiger charge is -2.31. The highest BCUT2D eigenvalue weighted by atomic mass is 16.5. The summed E-state index contributed by atoms with van der Waals surface area (Å²) in [6.07, 6.45) is 1.97. The Bertz CT molecular complexity index is 1060. The van der Waals surface area contributed by atoms with Crippen LogP contribution in [0.25, 0.3) is 11.1 Å². The third-order valence-corrected chi connectivity index (χ3v) is 6.96. The van der Waals surface area contributed by atoms with Crippen LogP contribution in [0.3, 0.4) is 0 Å². The molecule has 3 heterocycles. The summed E-state index contributed by atoms with van der Waals surface area (Å²) in [5.74, 6) is 0.156. The Labute approximate surface area is 214 Å². The molecule has 0 radical (unpaired) electrons. The monoisotopic (exact) mass is 493 g/mol. The number of anilines is 2. The van der Waals surface area contributed by atoms with Crippen LogP contribution < -0.4 is 10.2 Å². The standard InChI is InChI=1S/C28H39N5O3/c1-5-36-28(34)24-18-23(20-6-8-22(9-7-20)33-14-16-35-17-15-33)25(26(29)19(2)3)27(31-24)30-21-10-12-32(4)13-11-21/h6-9,18-19,21,29H,5,10-17H2,1-4H3,(H,30,31). The summed E-state index contributed by atoms with van der Waals surface area (Å²) in [6, 6.07) is 10.4. The quantitative estimate of drug-likeness (QED) is 0.419. The predicted octanol–water partition coefficient (Wildman–Crippen LogP) is 4.29. The molecule has 0 bridgehead atoms. The van der Waals surface area contributed by atoms with E-state index in [1.165, 1.54) is 0 Å². The van der Waals surface area contributed by atoms with Crippen molar-refractivity contribution >= 4 is 23.2 Å². The van der Waals surface area contributed by atoms with E-state index >= 15 is 0 Å². The lowest BCUT2D eigenvalue weighted by atomic mass is 9.91. The second kappa shape index (κ2) is 11.8. The fraction of sp³-hybridized carbons (Fsp3) is 0.536. The van der Waals surface area contributed by atoms with E-state index in [4.69, 9.17) is 19.9 Å². The Morgan fingerprint density at radius 1 is 1.17 bits per heavy atom. The number of nitrogens with one attached hydrogen (secondary N) is 2. The highest BCUT2D eigenvalue weighted by Gasteiger charge is 2.26. The van der Waals surface area contributed by atoms with E-state index in [2.05, 4.69) is 46.4 Å². The number of carbonyl (C=O) groups excluding carboxylic acids is 1. The van der Waals surface area contributed by atoms with E-state index in [0.717, 1.165) is 74.6 Å². The molecule has 8 nitrogen and oxygen atoms in total. The number of nitrogens with zero attached hydrogens (tertiary/aromatic N) is 3. The first kappa shape index (κ1) is 26.1. The van der Waals surface area contributed by atoms with Gasteiger partial charge in [0.05, 0.1) is 19.8 Å². The van der Waals surface area contributed by atoms with Crippen LogP contribution in [0, 0.1) is 11.3 Å². The average Bonchev–Trinajstić information content (AvgIpc) is 2.90. The van der Waals surface area contributed by atoms with Crippen molar-refractivity contribution < 1.29 is 14.3 Å². The van der Waals surface area contributed by atoms with E-state index in [-0.39, 0.29) is 24.3 Å². The normalized spacial score (nSPS) is 17.3. The molecule has 194 valence electrons. The maximum Gasteiger partial charge on any atom is 0.357 e. The molecule has 0 atom stereocenters. The summed E-state index contributed by atoms with van der Waals surface area (Å²) in [5, 5.41) is 12.6. The van der Waals surface area contributed by atoms with Gasteiger partial charge in [-0.05, 0) is 75.1 Å². The first-order valence-electron chi connectivity index (χ1n) is 13.1. The number of ether oxygens (including phenoxy) is 2. The number of rotatable bonds is 8. The Morgan fingerprint density at radius 3 is 2.44 bits per heavy atom. The number of piperidine rings is 1. The molecule has 0 aliphatic carbocycles. The molecule has 2 N–H and O–H groups in total. The van der Waals surface area contributed by atoms with Gasteiger partial charge in [-0.1, -0.05) is 26.0 Å². The zero-order valence-electron chi connectivity index (χ0n) is 22.0. The van der Waals surface area contributed by atoms with Gasteiger partial charge in [0.25, 0.3) is 0 Å². The van der Waals surface area contributed by atoms with Crippen molar-refractivity contribution in [2.45, 2.75) is 39.7 Å². The second-order valence-electron chi connectivity index (χ2n) is 9.94. The first-order chi connectivity index (χ1) is 17.4. The van der Waals surface area contributed by atoms with Crippen LogP contribution in [0.15, 0.2) is 30.3 Å². The summed E-state index contributed by atoms with van der Waals surface area (Å²) in [5.41, 5.74) is 4.45. The molecule has 0 amide bonds. The Morgan fingerprint density at radius 2 is 1.83 bits per heavy atom. The summed E-state index contributed by atoms with van der Waals surface area (Å²) < 4.78 is 10.8. The SMILES string of the molecule is CCOC(=O)c1cc(-c2ccc(N3CCOCC3)cc2)c(C(=N)C(C)C)c(NC2CCN(C)CC2)n1. The maximum absolute atomic E-state index is 12.8. The number of morpholine rings is 1. The van der Waals surface area contributed by atoms with Gasteiger partial charge in [0.1, 0.15) is 5.82 Å². The number of likely N-dealkylation sites (tertiary alicyclic amines) is 1. The van der Waals surface area contributed by atoms with Crippen LogP contribution in [0.1, 0.15) is 49.7 Å². The topological polar surface area (TPSA) is 90.8 Å². The summed E-state index contributed by atoms with van der Waals surface area (Å²) in [4.78, 5) is 22.2. The van der Waals surface area contributed by atoms with Crippen molar-refractivity contribution in [3.63, 3.8) is 0 Å². The molecule has 8 heteroatoms. The Balaban J connectivity index is 1.78. The molecule has 1 aromatic heterocycles. The highest BCUT2D eigenvalue weighted by Crippen LogP contribution is 2.34. The van der Waals surface area contributed by atoms with Gasteiger partial charge in [-0.25, -0.2) is 9.78 Å². The molecular weight excluding hydrogens is 454 g/mol. The van der Waals surface area contributed by atoms with Crippen molar-refractivity contribution in [2.24, 2.45) is 5.92 Å². The maximum atomic E-state index is 12.8. The van der Waals surface area contributed by atoms with Crippen molar-refractivity contribution in [3.05, 3.63) is 41.6 Å². The lowest BCUT2D eigenvalue weighted by molar-refractivity contribution is 0.0519. The molecule has 2 aliphatic heterocycles. The lowest BCUT2D eigenvalue weighted by Crippen LogP contribution is -2.37. The van der Waals surface area contributed by atoms with Crippen molar-refractivity contribution in [3.8, 4) is 11.1 Å². The second-order valence-corrected chi connectivity index (χ2v) is 9.94. The summed E-state index contributed by atoms with van der Waals surface area (Å²) >= 11 is 0. The van der Waals surface area contributed by atoms with E-state index in [0.29, 0.717) is 11.5 Å². The molecule has 2 aromatic rings.